The van der Waals surface area contributed by atoms with Gasteiger partial charge in [-0.3, -0.25) is 10.1 Å². The molecule has 3 rings (SSSR count). The number of dihydropyridines is 1. The molecule has 2 atom stereocenters. The summed E-state index contributed by atoms with van der Waals surface area (Å²) in [5, 5.41) is 8.02. The number of urea groups is 1. The number of hydrogen-bond acceptors (Lipinski definition) is 3. The van der Waals surface area contributed by atoms with Gasteiger partial charge < -0.3 is 10.6 Å². The summed E-state index contributed by atoms with van der Waals surface area (Å²) in [5.74, 6) is -0.309. The first kappa shape index (κ1) is 11.5. The van der Waals surface area contributed by atoms with Crippen LogP contribution in [0.3, 0.4) is 0 Å². The second kappa shape index (κ2) is 4.61. The third-order valence-corrected chi connectivity index (χ3v) is 3.19. The summed E-state index contributed by atoms with van der Waals surface area (Å²) in [6.07, 6.45) is 7.87. The van der Waals surface area contributed by atoms with Crippen molar-refractivity contribution in [2.45, 2.75) is 12.1 Å². The fourth-order valence-electron chi connectivity index (χ4n) is 2.20. The molecule has 2 heterocycles. The van der Waals surface area contributed by atoms with Gasteiger partial charge in [0.25, 0.3) is 5.91 Å². The zero-order chi connectivity index (χ0) is 13.2. The highest BCUT2D eigenvalue weighted by atomic mass is 16.2. The SMILES string of the molecule is O=C1NC(=O)C(c2ccc(C3C=CC=CN3)cc2)N1. The smallest absolute Gasteiger partial charge is 0.322 e. The number of allylic oxidation sites excluding steroid dienone is 2. The Bertz CT molecular complexity index is 575. The Balaban J connectivity index is 1.79. The second-order valence-corrected chi connectivity index (χ2v) is 4.45. The van der Waals surface area contributed by atoms with Gasteiger partial charge in [0.1, 0.15) is 6.04 Å². The van der Waals surface area contributed by atoms with Gasteiger partial charge >= 0.3 is 6.03 Å². The molecule has 0 spiro atoms. The van der Waals surface area contributed by atoms with Crippen molar-refractivity contribution in [1.82, 2.24) is 16.0 Å². The van der Waals surface area contributed by atoms with Gasteiger partial charge in [-0.2, -0.15) is 0 Å². The molecule has 1 aromatic carbocycles. The average Bonchev–Trinajstić information content (AvgIpc) is 2.79. The van der Waals surface area contributed by atoms with E-state index in [1.807, 2.05) is 42.6 Å². The largest absolute Gasteiger partial charge is 0.381 e. The number of carbonyl (C=O) groups is 2. The summed E-state index contributed by atoms with van der Waals surface area (Å²) < 4.78 is 0. The van der Waals surface area contributed by atoms with E-state index in [9.17, 15) is 9.59 Å². The molecule has 19 heavy (non-hydrogen) atoms. The maximum absolute atomic E-state index is 11.5. The van der Waals surface area contributed by atoms with Gasteiger partial charge in [-0.05, 0) is 23.4 Å². The van der Waals surface area contributed by atoms with Crippen molar-refractivity contribution in [3.63, 3.8) is 0 Å². The predicted molar refractivity (Wildman–Crippen MR) is 70.0 cm³/mol. The van der Waals surface area contributed by atoms with Crippen LogP contribution in [0.15, 0.2) is 48.7 Å². The molecule has 0 aliphatic carbocycles. The Hall–Kier alpha value is -2.56. The fraction of sp³-hybridized carbons (Fsp3) is 0.143. The van der Waals surface area contributed by atoms with Gasteiger partial charge in [-0.15, -0.1) is 0 Å². The fourth-order valence-corrected chi connectivity index (χ4v) is 2.20. The number of rotatable bonds is 2. The Kier molecular flexibility index (Phi) is 2.79. The van der Waals surface area contributed by atoms with Crippen molar-refractivity contribution < 1.29 is 9.59 Å². The maximum Gasteiger partial charge on any atom is 0.322 e. The molecular weight excluding hydrogens is 242 g/mol. The van der Waals surface area contributed by atoms with E-state index >= 15 is 0 Å². The number of hydrogen-bond donors (Lipinski definition) is 3. The van der Waals surface area contributed by atoms with E-state index in [4.69, 9.17) is 0 Å². The lowest BCUT2D eigenvalue weighted by atomic mass is 10.0. The van der Waals surface area contributed by atoms with Crippen LogP contribution in [0.4, 0.5) is 4.79 Å². The average molecular weight is 255 g/mol. The highest BCUT2D eigenvalue weighted by Crippen LogP contribution is 2.21. The normalized spacial score (nSPS) is 24.8. The van der Waals surface area contributed by atoms with E-state index < -0.39 is 12.1 Å². The summed E-state index contributed by atoms with van der Waals surface area (Å²) in [6, 6.07) is 6.74. The van der Waals surface area contributed by atoms with Crippen molar-refractivity contribution in [2.75, 3.05) is 0 Å². The minimum Gasteiger partial charge on any atom is -0.381 e. The Morgan fingerprint density at radius 2 is 1.68 bits per heavy atom. The molecule has 0 aromatic heterocycles. The Labute approximate surface area is 110 Å². The van der Waals surface area contributed by atoms with Crippen LogP contribution in [0.1, 0.15) is 23.2 Å². The third kappa shape index (κ3) is 2.22. The summed E-state index contributed by atoms with van der Waals surface area (Å²) in [5.41, 5.74) is 1.89. The number of imide groups is 1. The molecule has 2 aliphatic rings. The standard InChI is InChI=1S/C14H13N3O2/c18-13-12(16-14(19)17-13)10-6-4-9(5-7-10)11-3-1-2-8-15-11/h1-8,11-12,15H,(H2,16,17,18,19). The van der Waals surface area contributed by atoms with E-state index in [1.54, 1.807) is 0 Å². The first-order valence-corrected chi connectivity index (χ1v) is 6.04. The van der Waals surface area contributed by atoms with Crippen molar-refractivity contribution >= 4 is 11.9 Å². The van der Waals surface area contributed by atoms with E-state index in [2.05, 4.69) is 22.0 Å². The molecular formula is C14H13N3O2. The van der Waals surface area contributed by atoms with Crippen LogP contribution < -0.4 is 16.0 Å². The van der Waals surface area contributed by atoms with E-state index in [1.165, 1.54) is 0 Å². The van der Waals surface area contributed by atoms with Crippen molar-refractivity contribution in [3.8, 4) is 0 Å². The molecule has 5 heteroatoms. The van der Waals surface area contributed by atoms with Gasteiger partial charge in [0, 0.05) is 0 Å². The summed E-state index contributed by atoms with van der Waals surface area (Å²) in [7, 11) is 0. The first-order chi connectivity index (χ1) is 9.24. The van der Waals surface area contributed by atoms with Gasteiger partial charge in [0.15, 0.2) is 0 Å². The van der Waals surface area contributed by atoms with Crippen molar-refractivity contribution in [3.05, 3.63) is 59.8 Å². The predicted octanol–water partition coefficient (Wildman–Crippen LogP) is 1.28. The molecule has 96 valence electrons. The zero-order valence-corrected chi connectivity index (χ0v) is 10.1. The zero-order valence-electron chi connectivity index (χ0n) is 10.1. The number of amides is 3. The summed E-state index contributed by atoms with van der Waals surface area (Å²) >= 11 is 0. The maximum atomic E-state index is 11.5. The van der Waals surface area contributed by atoms with Crippen LogP contribution in [0.25, 0.3) is 0 Å². The van der Waals surface area contributed by atoms with Gasteiger partial charge in [-0.25, -0.2) is 4.79 Å². The van der Waals surface area contributed by atoms with Crippen LogP contribution in [0.5, 0.6) is 0 Å². The topological polar surface area (TPSA) is 70.2 Å². The lowest BCUT2D eigenvalue weighted by molar-refractivity contribution is -0.120. The molecule has 0 radical (unpaired) electrons. The van der Waals surface area contributed by atoms with E-state index in [0.717, 1.165) is 11.1 Å². The Morgan fingerprint density at radius 1 is 0.947 bits per heavy atom. The number of carbonyl (C=O) groups excluding carboxylic acids is 2. The molecule has 2 unspecified atom stereocenters. The third-order valence-electron chi connectivity index (χ3n) is 3.19. The monoisotopic (exact) mass is 255 g/mol. The van der Waals surface area contributed by atoms with Gasteiger partial charge in [0.2, 0.25) is 0 Å². The van der Waals surface area contributed by atoms with Gasteiger partial charge in [-0.1, -0.05) is 36.4 Å². The second-order valence-electron chi connectivity index (χ2n) is 4.45. The molecule has 1 saturated heterocycles. The molecule has 2 aliphatic heterocycles. The van der Waals surface area contributed by atoms with Crippen LogP contribution in [0.2, 0.25) is 0 Å². The Morgan fingerprint density at radius 3 is 2.26 bits per heavy atom. The molecule has 1 fully saturated rings. The highest BCUT2D eigenvalue weighted by Gasteiger charge is 2.30. The summed E-state index contributed by atoms with van der Waals surface area (Å²) in [6.45, 7) is 0. The first-order valence-electron chi connectivity index (χ1n) is 6.04. The quantitative estimate of drug-likeness (QED) is 0.697. The molecule has 5 nitrogen and oxygen atoms in total. The lowest BCUT2D eigenvalue weighted by Gasteiger charge is -2.17. The van der Waals surface area contributed by atoms with E-state index in [-0.39, 0.29) is 11.9 Å². The van der Waals surface area contributed by atoms with Crippen molar-refractivity contribution in [2.24, 2.45) is 0 Å². The molecule has 3 N–H and O–H groups in total. The van der Waals surface area contributed by atoms with E-state index in [0.29, 0.717) is 0 Å². The molecule has 0 saturated carbocycles. The van der Waals surface area contributed by atoms with Crippen LogP contribution in [-0.4, -0.2) is 11.9 Å². The lowest BCUT2D eigenvalue weighted by Crippen LogP contribution is -2.22. The van der Waals surface area contributed by atoms with Crippen LogP contribution in [-0.2, 0) is 4.79 Å². The van der Waals surface area contributed by atoms with Crippen LogP contribution in [0, 0.1) is 0 Å². The van der Waals surface area contributed by atoms with Gasteiger partial charge in [0.05, 0.1) is 6.04 Å². The highest BCUT2D eigenvalue weighted by molar-refractivity contribution is 6.04. The molecule has 3 amide bonds. The van der Waals surface area contributed by atoms with Crippen molar-refractivity contribution in [1.29, 1.82) is 0 Å². The van der Waals surface area contributed by atoms with Crippen LogP contribution >= 0.6 is 0 Å². The molecule has 0 bridgehead atoms. The molecule has 1 aromatic rings. The summed E-state index contributed by atoms with van der Waals surface area (Å²) in [4.78, 5) is 22.6. The minimum absolute atomic E-state index is 0.144. The minimum atomic E-state index is -0.587. The number of benzene rings is 1. The number of nitrogens with one attached hydrogen (secondary N) is 3.